The van der Waals surface area contributed by atoms with E-state index in [0.29, 0.717) is 18.5 Å². The van der Waals surface area contributed by atoms with E-state index >= 15 is 0 Å². The van der Waals surface area contributed by atoms with Crippen LogP contribution in [0.4, 0.5) is 10.5 Å². The van der Waals surface area contributed by atoms with E-state index in [0.717, 1.165) is 23.1 Å². The van der Waals surface area contributed by atoms with E-state index in [2.05, 4.69) is 0 Å². The first-order chi connectivity index (χ1) is 15.9. The van der Waals surface area contributed by atoms with E-state index in [-0.39, 0.29) is 23.6 Å². The Kier molecular flexibility index (Phi) is 8.31. The Morgan fingerprint density at radius 3 is 2.45 bits per heavy atom. The molecule has 10 heteroatoms. The third kappa shape index (κ3) is 6.98. The number of benzene rings is 2. The first-order valence-corrected chi connectivity index (χ1v) is 11.2. The fourth-order valence-corrected chi connectivity index (χ4v) is 4.63. The molecule has 2 aromatic rings. The Labute approximate surface area is 195 Å². The minimum absolute atomic E-state index is 0.0354. The van der Waals surface area contributed by atoms with Crippen LogP contribution in [0.3, 0.4) is 0 Å². The van der Waals surface area contributed by atoms with Gasteiger partial charge in [-0.1, -0.05) is 18.2 Å². The summed E-state index contributed by atoms with van der Waals surface area (Å²) in [5.74, 6) is 0.448. The minimum atomic E-state index is -1.08. The van der Waals surface area contributed by atoms with Gasteiger partial charge >= 0.3 is 12.1 Å². The fraction of sp³-hybridized carbons (Fsp3) is 0.304. The quantitative estimate of drug-likeness (QED) is 0.327. The number of carboxylic acid groups (broad SMARTS) is 1. The van der Waals surface area contributed by atoms with Crippen molar-refractivity contribution in [3.05, 3.63) is 81.9 Å². The number of carboxylic acids is 1. The summed E-state index contributed by atoms with van der Waals surface area (Å²) in [5, 5.41) is 19.9. The van der Waals surface area contributed by atoms with Gasteiger partial charge in [-0.05, 0) is 41.8 Å². The van der Waals surface area contributed by atoms with Crippen molar-refractivity contribution < 1.29 is 29.1 Å². The average molecular weight is 473 g/mol. The molecule has 1 amide bonds. The number of ether oxygens (including phenoxy) is 2. The zero-order valence-electron chi connectivity index (χ0n) is 18.0. The molecule has 0 saturated carbocycles. The second-order valence-electron chi connectivity index (χ2n) is 7.41. The van der Waals surface area contributed by atoms with Gasteiger partial charge in [-0.15, -0.1) is 0 Å². The van der Waals surface area contributed by atoms with Gasteiger partial charge in [0.1, 0.15) is 12.4 Å². The van der Waals surface area contributed by atoms with Crippen LogP contribution in [-0.2, 0) is 21.9 Å². The van der Waals surface area contributed by atoms with Crippen LogP contribution in [0.15, 0.2) is 60.7 Å². The van der Waals surface area contributed by atoms with Crippen LogP contribution in [0.2, 0.25) is 0 Å². The number of methoxy groups -OCH3 is 1. The van der Waals surface area contributed by atoms with Gasteiger partial charge in [-0.3, -0.25) is 10.1 Å². The lowest BCUT2D eigenvalue weighted by atomic mass is 10.2. The average Bonchev–Trinajstić information content (AvgIpc) is 3.23. The summed E-state index contributed by atoms with van der Waals surface area (Å²) in [6, 6.07) is 13.1. The predicted molar refractivity (Wildman–Crippen MR) is 123 cm³/mol. The summed E-state index contributed by atoms with van der Waals surface area (Å²) >= 11 is 1.69. The highest BCUT2D eigenvalue weighted by Crippen LogP contribution is 2.31. The summed E-state index contributed by atoms with van der Waals surface area (Å²) < 4.78 is 10.6. The van der Waals surface area contributed by atoms with Crippen molar-refractivity contribution in [3.63, 3.8) is 0 Å². The monoisotopic (exact) mass is 472 g/mol. The van der Waals surface area contributed by atoms with Gasteiger partial charge in [0, 0.05) is 35.8 Å². The van der Waals surface area contributed by atoms with Crippen LogP contribution in [0.25, 0.3) is 0 Å². The highest BCUT2D eigenvalue weighted by molar-refractivity contribution is 7.99. The zero-order valence-corrected chi connectivity index (χ0v) is 18.8. The molecular formula is C23H24N2O7S. The number of amides is 1. The number of nitro groups is 1. The maximum Gasteiger partial charge on any atom is 0.410 e. The third-order valence-electron chi connectivity index (χ3n) is 5.15. The number of aliphatic carboxylic acids is 1. The SMILES string of the molecule is COc1ccc(CS[C@H]2C[C@@H](C=CC(=O)O)N(C(=O)OCc3ccc([N+](=O)[O-])cc3)C2)cc1. The lowest BCUT2D eigenvalue weighted by Gasteiger charge is -2.21. The number of rotatable bonds is 9. The summed E-state index contributed by atoms with van der Waals surface area (Å²) in [5.41, 5.74) is 1.70. The third-order valence-corrected chi connectivity index (χ3v) is 6.47. The van der Waals surface area contributed by atoms with Crippen molar-refractivity contribution in [3.8, 4) is 5.75 Å². The molecule has 1 N–H and O–H groups in total. The van der Waals surface area contributed by atoms with Crippen LogP contribution in [-0.4, -0.2) is 51.9 Å². The maximum atomic E-state index is 12.7. The number of non-ortho nitro benzene ring substituents is 1. The number of carbonyl (C=O) groups is 2. The van der Waals surface area contributed by atoms with Crippen LogP contribution < -0.4 is 4.74 Å². The molecule has 1 aliphatic heterocycles. The maximum absolute atomic E-state index is 12.7. The van der Waals surface area contributed by atoms with E-state index < -0.39 is 17.0 Å². The molecule has 0 unspecified atom stereocenters. The lowest BCUT2D eigenvalue weighted by Crippen LogP contribution is -2.35. The predicted octanol–water partition coefficient (Wildman–Crippen LogP) is 4.26. The number of nitrogens with zero attached hydrogens (tertiary/aromatic N) is 2. The molecule has 1 saturated heterocycles. The van der Waals surface area contributed by atoms with Gasteiger partial charge in [0.25, 0.3) is 5.69 Å². The fourth-order valence-electron chi connectivity index (χ4n) is 3.41. The van der Waals surface area contributed by atoms with Crippen LogP contribution in [0.5, 0.6) is 5.75 Å². The number of hydrogen-bond acceptors (Lipinski definition) is 7. The summed E-state index contributed by atoms with van der Waals surface area (Å²) in [4.78, 5) is 35.5. The van der Waals surface area contributed by atoms with Gasteiger partial charge in [0.05, 0.1) is 18.1 Å². The van der Waals surface area contributed by atoms with E-state index in [1.165, 1.54) is 35.2 Å². The van der Waals surface area contributed by atoms with Gasteiger partial charge in [-0.2, -0.15) is 11.8 Å². The number of thioether (sulfide) groups is 1. The first kappa shape index (κ1) is 24.1. The number of likely N-dealkylation sites (tertiary alicyclic amines) is 1. The lowest BCUT2D eigenvalue weighted by molar-refractivity contribution is -0.384. The molecule has 1 aliphatic rings. The summed E-state index contributed by atoms with van der Waals surface area (Å²) in [6.07, 6.45) is 2.60. The molecule has 2 atom stereocenters. The highest BCUT2D eigenvalue weighted by atomic mass is 32.2. The van der Waals surface area contributed by atoms with Crippen molar-refractivity contribution in [2.45, 2.75) is 30.1 Å². The molecule has 9 nitrogen and oxygen atoms in total. The van der Waals surface area contributed by atoms with E-state index in [1.54, 1.807) is 18.9 Å². The Bertz CT molecular complexity index is 1010. The van der Waals surface area contributed by atoms with Crippen LogP contribution in [0.1, 0.15) is 17.5 Å². The van der Waals surface area contributed by atoms with Crippen molar-refractivity contribution in [2.24, 2.45) is 0 Å². The zero-order chi connectivity index (χ0) is 23.8. The summed E-state index contributed by atoms with van der Waals surface area (Å²) in [7, 11) is 1.61. The standard InChI is InChI=1S/C23H24N2O7S/c1-31-20-9-4-17(5-10-20)15-33-21-12-19(8-11-22(26)27)24(13-21)23(28)32-14-16-2-6-18(7-3-16)25(29)30/h2-11,19,21H,12-15H2,1H3,(H,26,27)/t19-,21+/m1/s1. The van der Waals surface area contributed by atoms with Crippen LogP contribution in [0, 0.1) is 10.1 Å². The molecule has 1 heterocycles. The first-order valence-electron chi connectivity index (χ1n) is 10.2. The Morgan fingerprint density at radius 1 is 1.18 bits per heavy atom. The van der Waals surface area contributed by atoms with Gasteiger partial charge in [-0.25, -0.2) is 9.59 Å². The smallest absolute Gasteiger partial charge is 0.410 e. The molecule has 1 fully saturated rings. The minimum Gasteiger partial charge on any atom is -0.497 e. The molecule has 174 valence electrons. The van der Waals surface area contributed by atoms with Gasteiger partial charge in [0.2, 0.25) is 0 Å². The molecule has 0 spiro atoms. The highest BCUT2D eigenvalue weighted by Gasteiger charge is 2.35. The van der Waals surface area contributed by atoms with Crippen LogP contribution >= 0.6 is 11.8 Å². The molecule has 0 aliphatic carbocycles. The molecular weight excluding hydrogens is 448 g/mol. The van der Waals surface area contributed by atoms with E-state index in [9.17, 15) is 19.7 Å². The van der Waals surface area contributed by atoms with E-state index in [4.69, 9.17) is 14.6 Å². The number of carbonyl (C=O) groups excluding carboxylic acids is 1. The Morgan fingerprint density at radius 2 is 1.85 bits per heavy atom. The molecule has 0 radical (unpaired) electrons. The van der Waals surface area contributed by atoms with Crippen molar-refractivity contribution in [1.82, 2.24) is 4.90 Å². The second-order valence-corrected chi connectivity index (χ2v) is 8.70. The number of nitro benzene ring substituents is 1. The summed E-state index contributed by atoms with van der Waals surface area (Å²) in [6.45, 7) is 0.390. The Hall–Kier alpha value is -3.53. The molecule has 2 aromatic carbocycles. The Balaban J connectivity index is 1.59. The molecule has 0 aromatic heterocycles. The molecule has 0 bridgehead atoms. The van der Waals surface area contributed by atoms with Gasteiger partial charge in [0.15, 0.2) is 0 Å². The van der Waals surface area contributed by atoms with E-state index in [1.807, 2.05) is 24.3 Å². The largest absolute Gasteiger partial charge is 0.497 e. The van der Waals surface area contributed by atoms with Crippen molar-refractivity contribution in [2.75, 3.05) is 13.7 Å². The van der Waals surface area contributed by atoms with Crippen molar-refractivity contribution in [1.29, 1.82) is 0 Å². The van der Waals surface area contributed by atoms with Crippen molar-refractivity contribution >= 4 is 29.5 Å². The molecule has 3 rings (SSSR count). The van der Waals surface area contributed by atoms with Gasteiger partial charge < -0.3 is 19.5 Å². The normalized spacial score (nSPS) is 17.8. The second kappa shape index (κ2) is 11.4. The number of hydrogen-bond donors (Lipinski definition) is 1. The molecule has 33 heavy (non-hydrogen) atoms. The topological polar surface area (TPSA) is 119 Å².